The fourth-order valence-electron chi connectivity index (χ4n) is 2.39. The smallest absolute Gasteiger partial charge is 0.339 e. The lowest BCUT2D eigenvalue weighted by Gasteiger charge is -2.21. The number of aryl methyl sites for hydroxylation is 1. The van der Waals surface area contributed by atoms with E-state index in [4.69, 9.17) is 16.3 Å². The van der Waals surface area contributed by atoms with Crippen LogP contribution in [-0.4, -0.2) is 31.4 Å². The highest BCUT2D eigenvalue weighted by Gasteiger charge is 2.33. The van der Waals surface area contributed by atoms with Crippen LogP contribution in [0.1, 0.15) is 22.3 Å². The van der Waals surface area contributed by atoms with Crippen LogP contribution in [-0.2, 0) is 9.53 Å². The SMILES string of the molecule is COC(=O)c1cccc(C)c1N1CC(CCl)CC1=O. The van der Waals surface area contributed by atoms with Crippen molar-refractivity contribution in [3.8, 4) is 0 Å². The van der Waals surface area contributed by atoms with Crippen LogP contribution in [0.25, 0.3) is 0 Å². The van der Waals surface area contributed by atoms with Gasteiger partial charge in [-0.2, -0.15) is 0 Å². The van der Waals surface area contributed by atoms with Crippen LogP contribution >= 0.6 is 11.6 Å². The van der Waals surface area contributed by atoms with Gasteiger partial charge in [-0.25, -0.2) is 4.79 Å². The summed E-state index contributed by atoms with van der Waals surface area (Å²) >= 11 is 5.82. The zero-order valence-corrected chi connectivity index (χ0v) is 11.7. The molecular weight excluding hydrogens is 266 g/mol. The number of rotatable bonds is 3. The van der Waals surface area contributed by atoms with Crippen molar-refractivity contribution in [2.75, 3.05) is 24.4 Å². The Bertz CT molecular complexity index is 515. The van der Waals surface area contributed by atoms with Gasteiger partial charge in [-0.3, -0.25) is 4.79 Å². The van der Waals surface area contributed by atoms with Crippen molar-refractivity contribution in [3.63, 3.8) is 0 Å². The van der Waals surface area contributed by atoms with Gasteiger partial charge in [-0.15, -0.1) is 11.6 Å². The molecule has 0 radical (unpaired) electrons. The first-order valence-electron chi connectivity index (χ1n) is 6.12. The molecule has 102 valence electrons. The van der Waals surface area contributed by atoms with Crippen LogP contribution in [0.4, 0.5) is 5.69 Å². The summed E-state index contributed by atoms with van der Waals surface area (Å²) in [6.07, 6.45) is 0.429. The molecule has 1 aromatic rings. The van der Waals surface area contributed by atoms with Gasteiger partial charge in [-0.1, -0.05) is 12.1 Å². The van der Waals surface area contributed by atoms with Gasteiger partial charge in [0.2, 0.25) is 5.91 Å². The van der Waals surface area contributed by atoms with Gasteiger partial charge < -0.3 is 9.64 Å². The van der Waals surface area contributed by atoms with E-state index in [0.717, 1.165) is 5.56 Å². The Morgan fingerprint density at radius 1 is 1.53 bits per heavy atom. The topological polar surface area (TPSA) is 46.6 Å². The number of hydrogen-bond donors (Lipinski definition) is 0. The van der Waals surface area contributed by atoms with Crippen molar-refractivity contribution in [3.05, 3.63) is 29.3 Å². The average molecular weight is 282 g/mol. The van der Waals surface area contributed by atoms with Crippen LogP contribution in [0, 0.1) is 12.8 Å². The number of hydrogen-bond acceptors (Lipinski definition) is 3. The summed E-state index contributed by atoms with van der Waals surface area (Å²) in [5, 5.41) is 0. The van der Waals surface area contributed by atoms with Crippen molar-refractivity contribution in [2.45, 2.75) is 13.3 Å². The molecule has 1 aliphatic heterocycles. The average Bonchev–Trinajstić information content (AvgIpc) is 2.78. The van der Waals surface area contributed by atoms with Gasteiger partial charge in [0.1, 0.15) is 0 Å². The number of nitrogens with zero attached hydrogens (tertiary/aromatic N) is 1. The Balaban J connectivity index is 2.44. The van der Waals surface area contributed by atoms with Crippen LogP contribution in [0.15, 0.2) is 18.2 Å². The van der Waals surface area contributed by atoms with E-state index in [0.29, 0.717) is 30.1 Å². The summed E-state index contributed by atoms with van der Waals surface area (Å²) in [4.78, 5) is 25.5. The second kappa shape index (κ2) is 5.61. The molecule has 0 saturated carbocycles. The minimum atomic E-state index is -0.430. The van der Waals surface area contributed by atoms with Crippen molar-refractivity contribution in [1.29, 1.82) is 0 Å². The quantitative estimate of drug-likeness (QED) is 0.631. The highest BCUT2D eigenvalue weighted by molar-refractivity contribution is 6.18. The summed E-state index contributed by atoms with van der Waals surface area (Å²) in [6, 6.07) is 5.34. The van der Waals surface area contributed by atoms with E-state index in [-0.39, 0.29) is 11.8 Å². The first-order valence-corrected chi connectivity index (χ1v) is 6.66. The maximum absolute atomic E-state index is 12.1. The molecule has 1 fully saturated rings. The molecule has 4 nitrogen and oxygen atoms in total. The van der Waals surface area contributed by atoms with E-state index in [1.54, 1.807) is 17.0 Å². The molecule has 1 unspecified atom stereocenters. The minimum absolute atomic E-state index is 0.00473. The van der Waals surface area contributed by atoms with Crippen LogP contribution < -0.4 is 4.90 Å². The molecule has 0 spiro atoms. The Morgan fingerprint density at radius 3 is 2.84 bits per heavy atom. The largest absolute Gasteiger partial charge is 0.465 e. The molecule has 1 aliphatic rings. The summed E-state index contributed by atoms with van der Waals surface area (Å²) in [5.41, 5.74) is 1.95. The van der Waals surface area contributed by atoms with E-state index in [1.807, 2.05) is 13.0 Å². The van der Waals surface area contributed by atoms with Gasteiger partial charge in [0, 0.05) is 18.8 Å². The molecule has 19 heavy (non-hydrogen) atoms. The van der Waals surface area contributed by atoms with E-state index in [9.17, 15) is 9.59 Å². The number of ether oxygens (including phenoxy) is 1. The zero-order chi connectivity index (χ0) is 14.0. The molecular formula is C14H16ClNO3. The van der Waals surface area contributed by atoms with Gasteiger partial charge in [0.15, 0.2) is 0 Å². The monoisotopic (exact) mass is 281 g/mol. The number of para-hydroxylation sites is 1. The van der Waals surface area contributed by atoms with E-state index < -0.39 is 5.97 Å². The van der Waals surface area contributed by atoms with E-state index >= 15 is 0 Å². The molecule has 5 heteroatoms. The molecule has 1 atom stereocenters. The summed E-state index contributed by atoms with van der Waals surface area (Å²) < 4.78 is 4.78. The number of halogens is 1. The van der Waals surface area contributed by atoms with Crippen molar-refractivity contribution in [2.24, 2.45) is 5.92 Å². The summed E-state index contributed by atoms with van der Waals surface area (Å²) in [5.74, 6) is 0.159. The fourth-order valence-corrected chi connectivity index (χ4v) is 2.60. The fraction of sp³-hybridized carbons (Fsp3) is 0.429. The second-order valence-corrected chi connectivity index (χ2v) is 5.00. The number of carbonyl (C=O) groups excluding carboxylic acids is 2. The van der Waals surface area contributed by atoms with Gasteiger partial charge in [0.05, 0.1) is 18.4 Å². The highest BCUT2D eigenvalue weighted by Crippen LogP contribution is 2.31. The normalized spacial score (nSPS) is 18.8. The Morgan fingerprint density at radius 2 is 2.26 bits per heavy atom. The number of alkyl halides is 1. The Hall–Kier alpha value is -1.55. The van der Waals surface area contributed by atoms with Crippen molar-refractivity contribution >= 4 is 29.2 Å². The van der Waals surface area contributed by atoms with E-state index in [1.165, 1.54) is 7.11 Å². The predicted octanol–water partition coefficient (Wildman–Crippen LogP) is 2.37. The maximum atomic E-state index is 12.1. The maximum Gasteiger partial charge on any atom is 0.339 e. The number of carbonyl (C=O) groups is 2. The van der Waals surface area contributed by atoms with Gasteiger partial charge in [-0.05, 0) is 24.5 Å². The van der Waals surface area contributed by atoms with Crippen LogP contribution in [0.2, 0.25) is 0 Å². The molecule has 1 amide bonds. The third-order valence-corrected chi connectivity index (χ3v) is 3.77. The molecule has 0 aromatic heterocycles. The third-order valence-electron chi connectivity index (χ3n) is 3.34. The van der Waals surface area contributed by atoms with Crippen LogP contribution in [0.5, 0.6) is 0 Å². The standard InChI is InChI=1S/C14H16ClNO3/c1-9-4-3-5-11(14(18)19-2)13(9)16-8-10(7-15)6-12(16)17/h3-5,10H,6-8H2,1-2H3. The summed E-state index contributed by atoms with van der Waals surface area (Å²) in [7, 11) is 1.34. The molecule has 1 aromatic carbocycles. The van der Waals surface area contributed by atoms with Gasteiger partial charge >= 0.3 is 5.97 Å². The Labute approximate surface area is 117 Å². The molecule has 2 rings (SSSR count). The van der Waals surface area contributed by atoms with Gasteiger partial charge in [0.25, 0.3) is 0 Å². The number of anilines is 1. The van der Waals surface area contributed by atoms with Crippen molar-refractivity contribution in [1.82, 2.24) is 0 Å². The number of benzene rings is 1. The molecule has 1 heterocycles. The van der Waals surface area contributed by atoms with Crippen LogP contribution in [0.3, 0.4) is 0 Å². The first kappa shape index (κ1) is 13.9. The number of amides is 1. The number of methoxy groups -OCH3 is 1. The first-order chi connectivity index (χ1) is 9.08. The summed E-state index contributed by atoms with van der Waals surface area (Å²) in [6.45, 7) is 2.43. The number of esters is 1. The zero-order valence-electron chi connectivity index (χ0n) is 11.0. The highest BCUT2D eigenvalue weighted by atomic mass is 35.5. The van der Waals surface area contributed by atoms with Crippen molar-refractivity contribution < 1.29 is 14.3 Å². The molecule has 1 saturated heterocycles. The second-order valence-electron chi connectivity index (χ2n) is 4.69. The Kier molecular flexibility index (Phi) is 4.10. The molecule has 0 N–H and O–H groups in total. The lowest BCUT2D eigenvalue weighted by Crippen LogP contribution is -2.27. The predicted molar refractivity (Wildman–Crippen MR) is 73.7 cm³/mol. The molecule has 0 aliphatic carbocycles. The molecule has 0 bridgehead atoms. The third kappa shape index (κ3) is 2.59. The minimum Gasteiger partial charge on any atom is -0.465 e. The van der Waals surface area contributed by atoms with E-state index in [2.05, 4.69) is 0 Å². The lowest BCUT2D eigenvalue weighted by molar-refractivity contribution is -0.117. The lowest BCUT2D eigenvalue weighted by atomic mass is 10.1.